The van der Waals surface area contributed by atoms with Crippen LogP contribution < -0.4 is 5.48 Å². The molecule has 0 radical (unpaired) electrons. The van der Waals surface area contributed by atoms with E-state index in [1.807, 2.05) is 48.5 Å². The second kappa shape index (κ2) is 6.90. The molecule has 18 heavy (non-hydrogen) atoms. The van der Waals surface area contributed by atoms with E-state index in [1.54, 1.807) is 0 Å². The van der Waals surface area contributed by atoms with E-state index in [2.05, 4.69) is 21.4 Å². The molecule has 0 aromatic heterocycles. The second-order valence-corrected chi connectivity index (χ2v) is 5.15. The third-order valence-corrected chi connectivity index (χ3v) is 3.31. The lowest BCUT2D eigenvalue weighted by Gasteiger charge is -2.07. The van der Waals surface area contributed by atoms with Crippen molar-refractivity contribution in [3.8, 4) is 0 Å². The summed E-state index contributed by atoms with van der Waals surface area (Å²) in [4.78, 5) is 5.39. The van der Waals surface area contributed by atoms with Crippen LogP contribution in [-0.2, 0) is 18.0 Å². The molecule has 4 heteroatoms. The SMILES string of the molecule is Clc1cc(Br)ccc1CNOCc1ccccc1. The Balaban J connectivity index is 1.79. The third kappa shape index (κ3) is 4.10. The first-order valence-corrected chi connectivity index (χ1v) is 6.75. The molecule has 0 aliphatic carbocycles. The molecule has 0 unspecified atom stereocenters. The van der Waals surface area contributed by atoms with Crippen LogP contribution in [0.1, 0.15) is 11.1 Å². The fraction of sp³-hybridized carbons (Fsp3) is 0.143. The van der Waals surface area contributed by atoms with E-state index in [4.69, 9.17) is 16.4 Å². The van der Waals surface area contributed by atoms with Gasteiger partial charge in [-0.15, -0.1) is 0 Å². The van der Waals surface area contributed by atoms with Gasteiger partial charge < -0.3 is 0 Å². The van der Waals surface area contributed by atoms with Crippen molar-refractivity contribution in [1.29, 1.82) is 0 Å². The standard InChI is InChI=1S/C14H13BrClNO/c15-13-7-6-12(14(16)8-13)9-17-18-10-11-4-2-1-3-5-11/h1-8,17H,9-10H2. The summed E-state index contributed by atoms with van der Waals surface area (Å²) >= 11 is 9.47. The molecule has 0 heterocycles. The fourth-order valence-corrected chi connectivity index (χ4v) is 2.24. The van der Waals surface area contributed by atoms with Crippen molar-refractivity contribution in [2.75, 3.05) is 0 Å². The Bertz CT molecular complexity index is 504. The molecule has 0 spiro atoms. The lowest BCUT2D eigenvalue weighted by molar-refractivity contribution is 0.0235. The maximum atomic E-state index is 6.10. The van der Waals surface area contributed by atoms with Crippen molar-refractivity contribution in [3.63, 3.8) is 0 Å². The monoisotopic (exact) mass is 325 g/mol. The van der Waals surface area contributed by atoms with Gasteiger partial charge >= 0.3 is 0 Å². The molecular formula is C14H13BrClNO. The minimum atomic E-state index is 0.537. The minimum absolute atomic E-state index is 0.537. The van der Waals surface area contributed by atoms with Crippen molar-refractivity contribution < 1.29 is 4.84 Å². The molecular weight excluding hydrogens is 314 g/mol. The zero-order valence-corrected chi connectivity index (χ0v) is 12.0. The summed E-state index contributed by atoms with van der Waals surface area (Å²) in [6.45, 7) is 1.12. The number of rotatable bonds is 5. The summed E-state index contributed by atoms with van der Waals surface area (Å²) in [7, 11) is 0. The molecule has 0 aliphatic heterocycles. The largest absolute Gasteiger partial charge is 0.297 e. The Morgan fingerprint density at radius 3 is 2.61 bits per heavy atom. The number of hydrogen-bond acceptors (Lipinski definition) is 2. The molecule has 2 aromatic carbocycles. The van der Waals surface area contributed by atoms with Crippen LogP contribution in [0.3, 0.4) is 0 Å². The van der Waals surface area contributed by atoms with Crippen molar-refractivity contribution in [2.24, 2.45) is 0 Å². The van der Waals surface area contributed by atoms with Crippen molar-refractivity contribution in [2.45, 2.75) is 13.2 Å². The predicted molar refractivity (Wildman–Crippen MR) is 77.2 cm³/mol. The van der Waals surface area contributed by atoms with Crippen LogP contribution >= 0.6 is 27.5 Å². The highest BCUT2D eigenvalue weighted by Crippen LogP contribution is 2.21. The maximum absolute atomic E-state index is 6.10. The molecule has 0 amide bonds. The van der Waals surface area contributed by atoms with Gasteiger partial charge in [-0.05, 0) is 23.3 Å². The highest BCUT2D eigenvalue weighted by atomic mass is 79.9. The van der Waals surface area contributed by atoms with E-state index in [1.165, 1.54) is 0 Å². The quantitative estimate of drug-likeness (QED) is 0.652. The van der Waals surface area contributed by atoms with Gasteiger partial charge in [-0.3, -0.25) is 4.84 Å². The summed E-state index contributed by atoms with van der Waals surface area (Å²) in [5.41, 5.74) is 5.05. The Hall–Kier alpha value is -0.870. The van der Waals surface area contributed by atoms with Crippen LogP contribution in [0.4, 0.5) is 0 Å². The van der Waals surface area contributed by atoms with Gasteiger partial charge in [-0.2, -0.15) is 5.48 Å². The summed E-state index contributed by atoms with van der Waals surface area (Å²) in [5.74, 6) is 0. The van der Waals surface area contributed by atoms with E-state index in [-0.39, 0.29) is 0 Å². The van der Waals surface area contributed by atoms with Gasteiger partial charge in [0.15, 0.2) is 0 Å². The number of hydroxylamine groups is 1. The number of hydrogen-bond donors (Lipinski definition) is 1. The van der Waals surface area contributed by atoms with Crippen molar-refractivity contribution in [1.82, 2.24) is 5.48 Å². The van der Waals surface area contributed by atoms with E-state index in [0.717, 1.165) is 20.6 Å². The minimum Gasteiger partial charge on any atom is -0.297 e. The normalized spacial score (nSPS) is 10.6. The summed E-state index contributed by atoms with van der Waals surface area (Å²) in [5, 5.41) is 0.722. The molecule has 0 saturated carbocycles. The third-order valence-electron chi connectivity index (χ3n) is 2.46. The van der Waals surface area contributed by atoms with Crippen LogP contribution in [0.15, 0.2) is 53.0 Å². The van der Waals surface area contributed by atoms with E-state index in [0.29, 0.717) is 13.2 Å². The van der Waals surface area contributed by atoms with Gasteiger partial charge in [-0.1, -0.05) is 63.9 Å². The average molecular weight is 327 g/mol. The van der Waals surface area contributed by atoms with Crippen LogP contribution in [0.2, 0.25) is 5.02 Å². The van der Waals surface area contributed by atoms with E-state index in [9.17, 15) is 0 Å². The lowest BCUT2D eigenvalue weighted by atomic mass is 10.2. The molecule has 2 nitrogen and oxygen atoms in total. The Morgan fingerprint density at radius 1 is 1.11 bits per heavy atom. The Kier molecular flexibility index (Phi) is 5.20. The highest BCUT2D eigenvalue weighted by molar-refractivity contribution is 9.10. The van der Waals surface area contributed by atoms with E-state index >= 15 is 0 Å². The first-order valence-electron chi connectivity index (χ1n) is 5.58. The molecule has 2 aromatic rings. The first-order chi connectivity index (χ1) is 8.75. The van der Waals surface area contributed by atoms with Gasteiger partial charge in [0.2, 0.25) is 0 Å². The molecule has 0 atom stereocenters. The number of nitrogens with one attached hydrogen (secondary N) is 1. The molecule has 0 saturated heterocycles. The Morgan fingerprint density at radius 2 is 1.89 bits per heavy atom. The molecule has 0 bridgehead atoms. The highest BCUT2D eigenvalue weighted by Gasteiger charge is 2.00. The molecule has 2 rings (SSSR count). The fourth-order valence-electron chi connectivity index (χ4n) is 1.50. The average Bonchev–Trinajstić information content (AvgIpc) is 2.38. The summed E-state index contributed by atoms with van der Waals surface area (Å²) in [6.07, 6.45) is 0. The van der Waals surface area contributed by atoms with Gasteiger partial charge in [0.1, 0.15) is 0 Å². The van der Waals surface area contributed by atoms with Crippen LogP contribution in [-0.4, -0.2) is 0 Å². The zero-order valence-electron chi connectivity index (χ0n) is 9.70. The maximum Gasteiger partial charge on any atom is 0.0933 e. The molecule has 1 N–H and O–H groups in total. The second-order valence-electron chi connectivity index (χ2n) is 3.83. The molecule has 0 fully saturated rings. The van der Waals surface area contributed by atoms with Gasteiger partial charge in [0.25, 0.3) is 0 Å². The van der Waals surface area contributed by atoms with Gasteiger partial charge in [0, 0.05) is 16.0 Å². The lowest BCUT2D eigenvalue weighted by Crippen LogP contribution is -2.14. The number of benzene rings is 2. The topological polar surface area (TPSA) is 21.3 Å². The first kappa shape index (κ1) is 13.6. The molecule has 94 valence electrons. The van der Waals surface area contributed by atoms with Crippen molar-refractivity contribution >= 4 is 27.5 Å². The molecule has 0 aliphatic rings. The van der Waals surface area contributed by atoms with E-state index < -0.39 is 0 Å². The van der Waals surface area contributed by atoms with Crippen LogP contribution in [0.25, 0.3) is 0 Å². The predicted octanol–water partition coefficient (Wildman–Crippen LogP) is 4.32. The Labute approximate surface area is 120 Å². The summed E-state index contributed by atoms with van der Waals surface area (Å²) < 4.78 is 0.974. The van der Waals surface area contributed by atoms with Gasteiger partial charge in [0.05, 0.1) is 6.61 Å². The smallest absolute Gasteiger partial charge is 0.0933 e. The van der Waals surface area contributed by atoms with Crippen LogP contribution in [0.5, 0.6) is 0 Å². The van der Waals surface area contributed by atoms with Crippen LogP contribution in [0, 0.1) is 0 Å². The van der Waals surface area contributed by atoms with Crippen molar-refractivity contribution in [3.05, 3.63) is 69.2 Å². The van der Waals surface area contributed by atoms with Gasteiger partial charge in [-0.25, -0.2) is 0 Å². The summed E-state index contributed by atoms with van der Waals surface area (Å²) in [6, 6.07) is 15.8. The zero-order chi connectivity index (χ0) is 12.8. The number of halogens is 2.